The molecule has 0 aliphatic rings. The molecule has 0 aromatic rings. The molecular formula is C9H21LuO3. The summed E-state index contributed by atoms with van der Waals surface area (Å²) in [5.74, 6) is 0. The van der Waals surface area contributed by atoms with Crippen LogP contribution in [0.15, 0.2) is 0 Å². The predicted molar refractivity (Wildman–Crippen MR) is 45.5 cm³/mol. The molecule has 4 heteroatoms. The molecule has 0 atom stereocenters. The van der Waals surface area contributed by atoms with Crippen LogP contribution in [0.1, 0.15) is 40.0 Å². The fraction of sp³-hybridized carbons (Fsp3) is 1.00. The molecule has 0 aromatic heterocycles. The van der Waals surface area contributed by atoms with Gasteiger partial charge in [0.25, 0.3) is 0 Å². The Morgan fingerprint density at radius 3 is 0.692 bits per heavy atom. The van der Waals surface area contributed by atoms with Crippen LogP contribution >= 0.6 is 0 Å². The van der Waals surface area contributed by atoms with Gasteiger partial charge in [-0.2, -0.15) is 0 Å². The van der Waals surface area contributed by atoms with E-state index in [0.29, 0.717) is 0 Å². The Hall–Kier alpha value is 1.11. The SMILES string of the molecule is CCC[O-].CCC[O-].CCC[O-].[Lu+3]. The van der Waals surface area contributed by atoms with Gasteiger partial charge < -0.3 is 15.3 Å². The average Bonchev–Trinajstić information content (AvgIpc) is 2.18. The molecule has 0 spiro atoms. The van der Waals surface area contributed by atoms with Crippen molar-refractivity contribution in [3.63, 3.8) is 0 Å². The smallest absolute Gasteiger partial charge is 0.854 e. The van der Waals surface area contributed by atoms with E-state index < -0.39 is 0 Å². The summed E-state index contributed by atoms with van der Waals surface area (Å²) in [6.07, 6.45) is 2.29. The Labute approximate surface area is 111 Å². The molecule has 0 N–H and O–H groups in total. The first-order chi connectivity index (χ1) is 5.74. The quantitative estimate of drug-likeness (QED) is 0.673. The zero-order chi connectivity index (χ0) is 10.2. The van der Waals surface area contributed by atoms with Crippen molar-refractivity contribution in [3.8, 4) is 0 Å². The molecule has 0 rings (SSSR count). The average molecular weight is 352 g/mol. The molecule has 3 nitrogen and oxygen atoms in total. The molecule has 13 heavy (non-hydrogen) atoms. The zero-order valence-corrected chi connectivity index (χ0v) is 10.4. The van der Waals surface area contributed by atoms with Gasteiger partial charge in [0.15, 0.2) is 0 Å². The Morgan fingerprint density at radius 2 is 0.692 bits per heavy atom. The molecule has 0 bridgehead atoms. The number of hydrogen-bond acceptors (Lipinski definition) is 3. The molecule has 0 heterocycles. The second-order valence-electron chi connectivity index (χ2n) is 2.11. The van der Waals surface area contributed by atoms with E-state index in [4.69, 9.17) is 0 Å². The van der Waals surface area contributed by atoms with E-state index in [9.17, 15) is 15.3 Å². The van der Waals surface area contributed by atoms with Gasteiger partial charge >= 0.3 is 36.9 Å². The maximum Gasteiger partial charge on any atom is 3.00 e. The second-order valence-corrected chi connectivity index (χ2v) is 2.11. The first kappa shape index (κ1) is 23.7. The van der Waals surface area contributed by atoms with Crippen molar-refractivity contribution in [2.45, 2.75) is 40.0 Å². The summed E-state index contributed by atoms with van der Waals surface area (Å²) in [7, 11) is 0. The van der Waals surface area contributed by atoms with Crippen molar-refractivity contribution in [2.24, 2.45) is 0 Å². The first-order valence-corrected chi connectivity index (χ1v) is 4.49. The topological polar surface area (TPSA) is 69.2 Å². The fourth-order valence-corrected chi connectivity index (χ4v) is 0. The third kappa shape index (κ3) is 95.7. The van der Waals surface area contributed by atoms with E-state index >= 15 is 0 Å². The maximum absolute atomic E-state index is 9.30. The van der Waals surface area contributed by atoms with Gasteiger partial charge in [0.05, 0.1) is 0 Å². The summed E-state index contributed by atoms with van der Waals surface area (Å²) in [5.41, 5.74) is 0. The van der Waals surface area contributed by atoms with E-state index in [1.807, 2.05) is 20.8 Å². The Kier molecular flexibility index (Phi) is 69.4. The third-order valence-electron chi connectivity index (χ3n) is 0.612. The Morgan fingerprint density at radius 1 is 0.615 bits per heavy atom. The van der Waals surface area contributed by atoms with Gasteiger partial charge in [0.2, 0.25) is 0 Å². The predicted octanol–water partition coefficient (Wildman–Crippen LogP) is -0.730. The van der Waals surface area contributed by atoms with Crippen LogP contribution in [-0.4, -0.2) is 19.8 Å². The number of hydrogen-bond donors (Lipinski definition) is 0. The second kappa shape index (κ2) is 38.0. The molecule has 0 aliphatic heterocycles. The van der Waals surface area contributed by atoms with Gasteiger partial charge in [-0.3, -0.25) is 0 Å². The van der Waals surface area contributed by atoms with Crippen LogP contribution in [0.2, 0.25) is 0 Å². The molecule has 90 valence electrons. The minimum Gasteiger partial charge on any atom is -0.854 e. The third-order valence-corrected chi connectivity index (χ3v) is 0.612. The molecule has 0 unspecified atom stereocenters. The normalized spacial score (nSPS) is 6.92. The van der Waals surface area contributed by atoms with Gasteiger partial charge in [-0.05, 0) is 0 Å². The minimum atomic E-state index is 0. The van der Waals surface area contributed by atoms with Crippen LogP contribution in [-0.2, 0) is 0 Å². The molecule has 0 fully saturated rings. The van der Waals surface area contributed by atoms with Gasteiger partial charge in [-0.1, -0.05) is 40.0 Å². The molecule has 0 aliphatic carbocycles. The van der Waals surface area contributed by atoms with Crippen LogP contribution < -0.4 is 15.3 Å². The van der Waals surface area contributed by atoms with Crippen LogP contribution in [0.5, 0.6) is 0 Å². The molecule has 0 aromatic carbocycles. The largest absolute Gasteiger partial charge is 3.00 e. The van der Waals surface area contributed by atoms with Crippen molar-refractivity contribution in [2.75, 3.05) is 19.8 Å². The van der Waals surface area contributed by atoms with E-state index in [1.54, 1.807) is 0 Å². The Bertz CT molecular complexity index is 30.3. The van der Waals surface area contributed by atoms with Crippen molar-refractivity contribution in [1.82, 2.24) is 0 Å². The Balaban J connectivity index is -0.0000000450. The summed E-state index contributed by atoms with van der Waals surface area (Å²) in [4.78, 5) is 0. The van der Waals surface area contributed by atoms with Gasteiger partial charge in [-0.25, -0.2) is 0 Å². The standard InChI is InChI=1S/3C3H7O.Lu/c3*1-2-3-4;/h3*2-3H2,1H3;/q3*-1;+3. The van der Waals surface area contributed by atoms with Crippen LogP contribution in [0.25, 0.3) is 0 Å². The molecule has 0 amide bonds. The summed E-state index contributed by atoms with van der Waals surface area (Å²) in [5, 5.41) is 27.9. The van der Waals surface area contributed by atoms with Gasteiger partial charge in [0.1, 0.15) is 0 Å². The van der Waals surface area contributed by atoms with E-state index in [-0.39, 0.29) is 56.7 Å². The minimum absolute atomic E-state index is 0. The van der Waals surface area contributed by atoms with Crippen LogP contribution in [0.3, 0.4) is 0 Å². The molecule has 0 radical (unpaired) electrons. The van der Waals surface area contributed by atoms with E-state index in [2.05, 4.69) is 0 Å². The molecule has 0 saturated heterocycles. The van der Waals surface area contributed by atoms with E-state index in [1.165, 1.54) is 0 Å². The summed E-state index contributed by atoms with van der Waals surface area (Å²) < 4.78 is 0. The summed E-state index contributed by atoms with van der Waals surface area (Å²) in [6, 6.07) is 0. The van der Waals surface area contributed by atoms with Crippen molar-refractivity contribution < 1.29 is 52.2 Å². The molecular weight excluding hydrogens is 331 g/mol. The van der Waals surface area contributed by atoms with Crippen LogP contribution in [0, 0.1) is 36.9 Å². The fourth-order valence-electron chi connectivity index (χ4n) is 0. The molecule has 0 saturated carbocycles. The number of rotatable bonds is 3. The summed E-state index contributed by atoms with van der Waals surface area (Å²) >= 11 is 0. The van der Waals surface area contributed by atoms with Crippen molar-refractivity contribution in [1.29, 1.82) is 0 Å². The van der Waals surface area contributed by atoms with Crippen LogP contribution in [0.4, 0.5) is 0 Å². The van der Waals surface area contributed by atoms with Gasteiger partial charge in [-0.15, -0.1) is 19.8 Å². The first-order valence-electron chi connectivity index (χ1n) is 4.49. The van der Waals surface area contributed by atoms with E-state index in [0.717, 1.165) is 19.3 Å². The maximum atomic E-state index is 9.30. The monoisotopic (exact) mass is 352 g/mol. The summed E-state index contributed by atoms with van der Waals surface area (Å²) in [6.45, 7) is 5.81. The van der Waals surface area contributed by atoms with Gasteiger partial charge in [0, 0.05) is 0 Å². The zero-order valence-electron chi connectivity index (χ0n) is 8.73. The van der Waals surface area contributed by atoms with Crippen molar-refractivity contribution in [3.05, 3.63) is 0 Å². The van der Waals surface area contributed by atoms with Crippen molar-refractivity contribution >= 4 is 0 Å².